The lowest BCUT2D eigenvalue weighted by Gasteiger charge is -2.20. The van der Waals surface area contributed by atoms with Gasteiger partial charge in [0.15, 0.2) is 0 Å². The fraction of sp³-hybridized carbons (Fsp3) is 0.718. The molecule has 0 N–H and O–H groups in total. The summed E-state index contributed by atoms with van der Waals surface area (Å²) >= 11 is 7.17. The van der Waals surface area contributed by atoms with Crippen molar-refractivity contribution in [3.8, 4) is 30.6 Å². The molecular formula is C78H124N2O2S4. The number of pyridine rings is 2. The lowest BCUT2D eigenvalue weighted by Crippen LogP contribution is -2.28. The molecule has 2 atom stereocenters. The largest absolute Gasteiger partial charge is 0.306 e. The summed E-state index contributed by atoms with van der Waals surface area (Å²) in [6.45, 7) is 14.9. The number of hydrogen-bond acceptors (Lipinski definition) is 6. The van der Waals surface area contributed by atoms with Crippen molar-refractivity contribution in [3.05, 3.63) is 79.0 Å². The number of fused-ring (bicyclic) bond motifs is 2. The van der Waals surface area contributed by atoms with Crippen LogP contribution in [0.1, 0.15) is 333 Å². The summed E-state index contributed by atoms with van der Waals surface area (Å²) in [5.74, 6) is 1.53. The molecule has 0 aliphatic rings. The van der Waals surface area contributed by atoms with E-state index in [0.29, 0.717) is 13.1 Å². The van der Waals surface area contributed by atoms with Crippen molar-refractivity contribution in [3.63, 3.8) is 0 Å². The fourth-order valence-electron chi connectivity index (χ4n) is 13.8. The van der Waals surface area contributed by atoms with Crippen LogP contribution in [0.3, 0.4) is 0 Å². The molecule has 482 valence electrons. The number of hydrogen-bond donors (Lipinski definition) is 0. The Morgan fingerprint density at radius 2 is 0.616 bits per heavy atom. The molecule has 4 nitrogen and oxygen atoms in total. The van der Waals surface area contributed by atoms with E-state index in [1.165, 1.54) is 299 Å². The van der Waals surface area contributed by atoms with E-state index in [1.807, 2.05) is 22.7 Å². The molecular weight excluding hydrogens is 1130 g/mol. The predicted molar refractivity (Wildman–Crippen MR) is 389 cm³/mol. The minimum atomic E-state index is 0.0869. The highest BCUT2D eigenvalue weighted by Crippen LogP contribution is 2.43. The van der Waals surface area contributed by atoms with E-state index in [1.54, 1.807) is 22.7 Å². The SMILES string of the molecule is CCCCCCCCCCCCC(CCCCCCCCCC)CCCCn1c(=O)c(-c2ccc(C)s2)cc2c1cc(-c1ccc(-c3cc4sc(C)cc4s3)s1)c(=O)n2CCCCC(CCCCCCCCCC)CCCCCCCCCCCC. The normalized spacial score (nSPS) is 12.7. The molecule has 2 unspecified atom stereocenters. The first kappa shape index (κ1) is 72.3. The van der Waals surface area contributed by atoms with E-state index in [4.69, 9.17) is 0 Å². The smallest absolute Gasteiger partial charge is 0.259 e. The lowest BCUT2D eigenvalue weighted by molar-refractivity contribution is 0.363. The van der Waals surface area contributed by atoms with Gasteiger partial charge >= 0.3 is 0 Å². The van der Waals surface area contributed by atoms with Crippen LogP contribution in [0.15, 0.2) is 58.1 Å². The molecule has 0 aliphatic heterocycles. The van der Waals surface area contributed by atoms with Crippen LogP contribution in [0.25, 0.3) is 51.1 Å². The van der Waals surface area contributed by atoms with Gasteiger partial charge in [0, 0.05) is 51.8 Å². The van der Waals surface area contributed by atoms with Crippen LogP contribution in [0.2, 0.25) is 0 Å². The van der Waals surface area contributed by atoms with Gasteiger partial charge in [0.1, 0.15) is 0 Å². The van der Waals surface area contributed by atoms with Gasteiger partial charge in [-0.25, -0.2) is 0 Å². The average Bonchev–Trinajstić information content (AvgIpc) is 1.13. The molecule has 6 aromatic rings. The quantitative estimate of drug-likeness (QED) is 0.0357. The van der Waals surface area contributed by atoms with Crippen molar-refractivity contribution in [1.82, 2.24) is 9.13 Å². The predicted octanol–water partition coefficient (Wildman–Crippen LogP) is 27.4. The van der Waals surface area contributed by atoms with Crippen LogP contribution in [0.4, 0.5) is 0 Å². The van der Waals surface area contributed by atoms with Gasteiger partial charge in [0.2, 0.25) is 0 Å². The number of aryl methyl sites for hydroxylation is 4. The van der Waals surface area contributed by atoms with Gasteiger partial charge < -0.3 is 9.13 Å². The van der Waals surface area contributed by atoms with Gasteiger partial charge in [0.25, 0.3) is 11.1 Å². The zero-order chi connectivity index (χ0) is 60.8. The van der Waals surface area contributed by atoms with Gasteiger partial charge in [-0.3, -0.25) is 9.59 Å². The molecule has 6 aromatic heterocycles. The number of rotatable bonds is 53. The zero-order valence-corrected chi connectivity index (χ0v) is 59.3. The molecule has 0 aromatic carbocycles. The Labute approximate surface area is 542 Å². The first-order valence-corrected chi connectivity index (χ1v) is 40.0. The fourth-order valence-corrected chi connectivity index (χ4v) is 18.1. The second-order valence-corrected chi connectivity index (χ2v) is 31.5. The van der Waals surface area contributed by atoms with Crippen molar-refractivity contribution in [2.45, 2.75) is 350 Å². The third-order valence-corrected chi connectivity index (χ3v) is 23.7. The van der Waals surface area contributed by atoms with Crippen LogP contribution in [0.5, 0.6) is 0 Å². The van der Waals surface area contributed by atoms with Crippen molar-refractivity contribution in [1.29, 1.82) is 0 Å². The van der Waals surface area contributed by atoms with Crippen molar-refractivity contribution in [2.24, 2.45) is 11.8 Å². The van der Waals surface area contributed by atoms with Crippen LogP contribution in [-0.2, 0) is 13.1 Å². The Kier molecular flexibility index (Phi) is 36.9. The highest BCUT2D eigenvalue weighted by Gasteiger charge is 2.22. The maximum Gasteiger partial charge on any atom is 0.259 e. The van der Waals surface area contributed by atoms with Crippen LogP contribution in [0, 0.1) is 25.7 Å². The third-order valence-electron chi connectivity index (χ3n) is 19.2. The summed E-state index contributed by atoms with van der Waals surface area (Å²) in [6, 6.07) is 17.6. The first-order valence-electron chi connectivity index (χ1n) is 36.7. The molecule has 0 radical (unpaired) electrons. The van der Waals surface area contributed by atoms with E-state index >= 15 is 9.59 Å². The van der Waals surface area contributed by atoms with Gasteiger partial charge in [-0.2, -0.15) is 0 Å². The molecule has 8 heteroatoms. The maximum absolute atomic E-state index is 15.5. The Morgan fingerprint density at radius 1 is 0.302 bits per heavy atom. The molecule has 86 heavy (non-hydrogen) atoms. The lowest BCUT2D eigenvalue weighted by atomic mass is 9.89. The third kappa shape index (κ3) is 26.2. The second kappa shape index (κ2) is 43.8. The molecule has 0 saturated carbocycles. The molecule has 0 spiro atoms. The number of nitrogens with zero attached hydrogens (tertiary/aromatic N) is 2. The molecule has 0 fully saturated rings. The van der Waals surface area contributed by atoms with Gasteiger partial charge in [-0.05, 0) is 87.1 Å². The van der Waals surface area contributed by atoms with Crippen molar-refractivity contribution < 1.29 is 0 Å². The summed E-state index contributed by atoms with van der Waals surface area (Å²) < 4.78 is 6.92. The van der Waals surface area contributed by atoms with E-state index in [2.05, 4.69) is 99.2 Å². The van der Waals surface area contributed by atoms with Gasteiger partial charge in [-0.15, -0.1) is 45.3 Å². The average molecular weight is 1250 g/mol. The highest BCUT2D eigenvalue weighted by molar-refractivity contribution is 7.31. The minimum Gasteiger partial charge on any atom is -0.306 e. The monoisotopic (exact) mass is 1250 g/mol. The standard InChI is InChI=1S/C78H124N2O2S4/c1-7-11-15-19-23-27-29-33-37-41-49-65(47-39-35-31-25-21-17-13-9-3)51-43-45-57-79-70-61-68(72-55-56-73(85-72)75-62-76-74(86-75)59-64(6)84-76)78(82)80(69(70)60-67(77(79)81)71-54-53-63(5)83-71)58-46-44-52-66(48-40-36-32-26-22-18-14-10-4)50-42-38-34-30-28-24-20-16-12-8-2/h53-56,59-62,65-66H,7-52,57-58H2,1-6H3. The first-order chi connectivity index (χ1) is 42.2. The van der Waals surface area contributed by atoms with Crippen molar-refractivity contribution in [2.75, 3.05) is 0 Å². The van der Waals surface area contributed by atoms with Crippen LogP contribution < -0.4 is 11.1 Å². The number of unbranched alkanes of at least 4 members (excludes halogenated alkanes) is 34. The Bertz CT molecular complexity index is 2780. The Hall–Kier alpha value is -2.78. The van der Waals surface area contributed by atoms with Crippen molar-refractivity contribution >= 4 is 65.8 Å². The Balaban J connectivity index is 1.22. The van der Waals surface area contributed by atoms with E-state index in [0.717, 1.165) is 69.4 Å². The van der Waals surface area contributed by atoms with Crippen LogP contribution in [-0.4, -0.2) is 9.13 Å². The molecule has 6 heterocycles. The molecule has 0 aliphatic carbocycles. The van der Waals surface area contributed by atoms with E-state index in [-0.39, 0.29) is 11.1 Å². The van der Waals surface area contributed by atoms with E-state index < -0.39 is 0 Å². The van der Waals surface area contributed by atoms with Gasteiger partial charge in [-0.1, -0.05) is 310 Å². The Morgan fingerprint density at radius 3 is 0.965 bits per heavy atom. The highest BCUT2D eigenvalue weighted by atomic mass is 32.1. The number of aromatic nitrogens is 2. The molecule has 0 amide bonds. The van der Waals surface area contributed by atoms with E-state index in [9.17, 15) is 0 Å². The zero-order valence-electron chi connectivity index (χ0n) is 56.1. The second-order valence-electron chi connectivity index (χ2n) is 26.8. The summed E-state index contributed by atoms with van der Waals surface area (Å²) in [4.78, 5) is 37.8. The van der Waals surface area contributed by atoms with Crippen LogP contribution >= 0.6 is 45.3 Å². The summed E-state index contributed by atoms with van der Waals surface area (Å²) in [6.07, 6.45) is 61.9. The van der Waals surface area contributed by atoms with Gasteiger partial charge in [0.05, 0.1) is 22.2 Å². The molecule has 0 saturated heterocycles. The molecule has 6 rings (SSSR count). The maximum atomic E-state index is 15.5. The molecule has 0 bridgehead atoms. The summed E-state index contributed by atoms with van der Waals surface area (Å²) in [5, 5.41) is 0. The summed E-state index contributed by atoms with van der Waals surface area (Å²) in [7, 11) is 0. The number of thiophene rings is 4. The topological polar surface area (TPSA) is 44.0 Å². The minimum absolute atomic E-state index is 0.0869. The summed E-state index contributed by atoms with van der Waals surface area (Å²) in [5.41, 5.74) is 3.53.